The number of aromatic carboxylic acids is 1. The van der Waals surface area contributed by atoms with Gasteiger partial charge >= 0.3 is 5.97 Å². The highest BCUT2D eigenvalue weighted by Gasteiger charge is 2.19. The smallest absolute Gasteiger partial charge is 0.336 e. The number of aromatic nitrogens is 2. The van der Waals surface area contributed by atoms with Crippen molar-refractivity contribution in [3.8, 4) is 0 Å². The Morgan fingerprint density at radius 1 is 1.32 bits per heavy atom. The fourth-order valence-electron chi connectivity index (χ4n) is 1.77. The molecule has 0 unspecified atom stereocenters. The van der Waals surface area contributed by atoms with Crippen molar-refractivity contribution in [2.24, 2.45) is 0 Å². The maximum Gasteiger partial charge on any atom is 0.336 e. The van der Waals surface area contributed by atoms with E-state index in [0.717, 1.165) is 5.56 Å². The number of hydrogen-bond donors (Lipinski definition) is 2. The fourth-order valence-corrected chi connectivity index (χ4v) is 1.77. The van der Waals surface area contributed by atoms with Gasteiger partial charge in [-0.25, -0.2) is 4.79 Å². The molecule has 0 aliphatic rings. The number of nitrogens with one attached hydrogen (secondary N) is 1. The van der Waals surface area contributed by atoms with Gasteiger partial charge in [-0.05, 0) is 12.1 Å². The van der Waals surface area contributed by atoms with Gasteiger partial charge in [0.15, 0.2) is 0 Å². The molecule has 0 radical (unpaired) electrons. The number of aromatic amines is 1. The number of amides is 1. The van der Waals surface area contributed by atoms with Crippen molar-refractivity contribution < 1.29 is 14.7 Å². The van der Waals surface area contributed by atoms with Crippen LogP contribution in [0.4, 0.5) is 0 Å². The van der Waals surface area contributed by atoms with E-state index in [-0.39, 0.29) is 17.0 Å². The quantitative estimate of drug-likeness (QED) is 0.868. The molecular weight excluding hydrogens is 246 g/mol. The number of nitrogens with zero attached hydrogens (tertiary/aromatic N) is 2. The largest absolute Gasteiger partial charge is 0.478 e. The molecule has 1 amide bonds. The predicted molar refractivity (Wildman–Crippen MR) is 67.8 cm³/mol. The van der Waals surface area contributed by atoms with E-state index < -0.39 is 5.97 Å². The second-order valence-electron chi connectivity index (χ2n) is 4.12. The van der Waals surface area contributed by atoms with E-state index in [2.05, 4.69) is 10.2 Å². The SMILES string of the molecule is CN(Cc1cn[nH]c1)C(=O)c1ccccc1C(=O)O. The number of carboxylic acids is 1. The minimum Gasteiger partial charge on any atom is -0.478 e. The Kier molecular flexibility index (Phi) is 3.61. The van der Waals surface area contributed by atoms with Crippen molar-refractivity contribution >= 4 is 11.9 Å². The lowest BCUT2D eigenvalue weighted by molar-refractivity contribution is 0.0680. The monoisotopic (exact) mass is 259 g/mol. The summed E-state index contributed by atoms with van der Waals surface area (Å²) in [6, 6.07) is 6.17. The van der Waals surface area contributed by atoms with Crippen LogP contribution in [0.2, 0.25) is 0 Å². The first kappa shape index (κ1) is 12.8. The summed E-state index contributed by atoms with van der Waals surface area (Å²) in [6.45, 7) is 0.364. The molecule has 0 aliphatic carbocycles. The maximum atomic E-state index is 12.2. The second-order valence-corrected chi connectivity index (χ2v) is 4.12. The standard InChI is InChI=1S/C13H13N3O3/c1-16(8-9-6-14-15-7-9)12(17)10-4-2-3-5-11(10)13(18)19/h2-7H,8H2,1H3,(H,14,15)(H,18,19). The van der Waals surface area contributed by atoms with Crippen LogP contribution in [0, 0.1) is 0 Å². The van der Waals surface area contributed by atoms with Crippen molar-refractivity contribution in [2.75, 3.05) is 7.05 Å². The van der Waals surface area contributed by atoms with Gasteiger partial charge in [-0.15, -0.1) is 0 Å². The van der Waals surface area contributed by atoms with E-state index >= 15 is 0 Å². The summed E-state index contributed by atoms with van der Waals surface area (Å²) in [5.41, 5.74) is 1.04. The number of carboxylic acid groups (broad SMARTS) is 1. The zero-order chi connectivity index (χ0) is 13.8. The Bertz CT molecular complexity index is 593. The van der Waals surface area contributed by atoms with Crippen molar-refractivity contribution in [1.29, 1.82) is 0 Å². The zero-order valence-corrected chi connectivity index (χ0v) is 10.3. The Balaban J connectivity index is 2.22. The van der Waals surface area contributed by atoms with Crippen LogP contribution in [0.15, 0.2) is 36.7 Å². The number of carbonyl (C=O) groups is 2. The Hall–Kier alpha value is -2.63. The molecule has 2 N–H and O–H groups in total. The van der Waals surface area contributed by atoms with Crippen LogP contribution in [-0.2, 0) is 6.54 Å². The molecule has 6 heteroatoms. The minimum absolute atomic E-state index is 0.00606. The first-order valence-electron chi connectivity index (χ1n) is 5.65. The molecule has 6 nitrogen and oxygen atoms in total. The van der Waals surface area contributed by atoms with Gasteiger partial charge < -0.3 is 10.0 Å². The number of H-pyrrole nitrogens is 1. The molecular formula is C13H13N3O3. The maximum absolute atomic E-state index is 12.2. The molecule has 1 aromatic heterocycles. The number of carbonyl (C=O) groups excluding carboxylic acids is 1. The van der Waals surface area contributed by atoms with Crippen molar-refractivity contribution in [3.05, 3.63) is 53.3 Å². The van der Waals surface area contributed by atoms with Crippen LogP contribution >= 0.6 is 0 Å². The number of benzene rings is 1. The molecule has 1 aromatic carbocycles. The van der Waals surface area contributed by atoms with Crippen LogP contribution in [0.5, 0.6) is 0 Å². The summed E-state index contributed by atoms with van der Waals surface area (Å²) in [7, 11) is 1.62. The lowest BCUT2D eigenvalue weighted by Gasteiger charge is -2.17. The summed E-state index contributed by atoms with van der Waals surface area (Å²) in [4.78, 5) is 24.8. The lowest BCUT2D eigenvalue weighted by atomic mass is 10.1. The molecule has 0 aliphatic heterocycles. The van der Waals surface area contributed by atoms with Gasteiger partial charge in [0, 0.05) is 25.4 Å². The Labute approximate surface area is 109 Å². The molecule has 2 aromatic rings. The van der Waals surface area contributed by atoms with Crippen LogP contribution in [0.3, 0.4) is 0 Å². The highest BCUT2D eigenvalue weighted by molar-refractivity contribution is 6.04. The number of rotatable bonds is 4. The average molecular weight is 259 g/mol. The van der Waals surface area contributed by atoms with Crippen LogP contribution < -0.4 is 0 Å². The lowest BCUT2D eigenvalue weighted by Crippen LogP contribution is -2.27. The van der Waals surface area contributed by atoms with E-state index in [1.165, 1.54) is 17.0 Å². The molecule has 0 bridgehead atoms. The van der Waals surface area contributed by atoms with E-state index in [9.17, 15) is 9.59 Å². The Morgan fingerprint density at radius 2 is 2.00 bits per heavy atom. The van der Waals surface area contributed by atoms with Crippen LogP contribution in [0.25, 0.3) is 0 Å². The summed E-state index contributed by atoms with van der Waals surface area (Å²) in [5, 5.41) is 15.5. The van der Waals surface area contributed by atoms with Crippen LogP contribution in [0.1, 0.15) is 26.3 Å². The van der Waals surface area contributed by atoms with Gasteiger partial charge in [-0.3, -0.25) is 9.89 Å². The van der Waals surface area contributed by atoms with Gasteiger partial charge in [0.25, 0.3) is 5.91 Å². The minimum atomic E-state index is -1.11. The first-order chi connectivity index (χ1) is 9.09. The molecule has 19 heavy (non-hydrogen) atoms. The average Bonchev–Trinajstić information content (AvgIpc) is 2.90. The van der Waals surface area contributed by atoms with E-state index in [1.54, 1.807) is 31.6 Å². The van der Waals surface area contributed by atoms with Gasteiger partial charge in [-0.2, -0.15) is 5.10 Å². The van der Waals surface area contributed by atoms with Gasteiger partial charge in [-0.1, -0.05) is 12.1 Å². The first-order valence-corrected chi connectivity index (χ1v) is 5.65. The van der Waals surface area contributed by atoms with Crippen molar-refractivity contribution in [1.82, 2.24) is 15.1 Å². The fraction of sp³-hybridized carbons (Fsp3) is 0.154. The van der Waals surface area contributed by atoms with Crippen molar-refractivity contribution in [3.63, 3.8) is 0 Å². The third-order valence-corrected chi connectivity index (χ3v) is 2.71. The highest BCUT2D eigenvalue weighted by atomic mass is 16.4. The molecule has 0 fully saturated rings. The summed E-state index contributed by atoms with van der Waals surface area (Å²) in [5.74, 6) is -1.44. The topological polar surface area (TPSA) is 86.3 Å². The van der Waals surface area contributed by atoms with E-state index in [4.69, 9.17) is 5.11 Å². The summed E-state index contributed by atoms with van der Waals surface area (Å²) < 4.78 is 0. The molecule has 0 spiro atoms. The number of hydrogen-bond acceptors (Lipinski definition) is 3. The third-order valence-electron chi connectivity index (χ3n) is 2.71. The molecule has 0 atom stereocenters. The van der Waals surface area contributed by atoms with Gasteiger partial charge in [0.05, 0.1) is 17.3 Å². The summed E-state index contributed by atoms with van der Waals surface area (Å²) in [6.07, 6.45) is 3.31. The molecule has 0 saturated heterocycles. The van der Waals surface area contributed by atoms with E-state index in [0.29, 0.717) is 6.54 Å². The van der Waals surface area contributed by atoms with Gasteiger partial charge in [0.2, 0.25) is 0 Å². The second kappa shape index (κ2) is 5.34. The van der Waals surface area contributed by atoms with Gasteiger partial charge in [0.1, 0.15) is 0 Å². The van der Waals surface area contributed by atoms with E-state index in [1.807, 2.05) is 0 Å². The van der Waals surface area contributed by atoms with Crippen LogP contribution in [-0.4, -0.2) is 39.1 Å². The molecule has 1 heterocycles. The highest BCUT2D eigenvalue weighted by Crippen LogP contribution is 2.12. The molecule has 2 rings (SSSR count). The Morgan fingerprint density at radius 3 is 2.58 bits per heavy atom. The molecule has 0 saturated carbocycles. The molecule has 98 valence electrons. The predicted octanol–water partition coefficient (Wildman–Crippen LogP) is 1.38. The normalized spacial score (nSPS) is 10.2. The summed E-state index contributed by atoms with van der Waals surface area (Å²) >= 11 is 0. The third kappa shape index (κ3) is 2.79. The van der Waals surface area contributed by atoms with Crippen molar-refractivity contribution in [2.45, 2.75) is 6.54 Å². The zero-order valence-electron chi connectivity index (χ0n) is 10.3.